The van der Waals surface area contributed by atoms with Crippen molar-refractivity contribution < 1.29 is 41.7 Å². The van der Waals surface area contributed by atoms with Gasteiger partial charge in [-0.2, -0.15) is 0 Å². The predicted molar refractivity (Wildman–Crippen MR) is 139 cm³/mol. The van der Waals surface area contributed by atoms with Gasteiger partial charge in [-0.25, -0.2) is 9.18 Å². The Morgan fingerprint density at radius 3 is 2.36 bits per heavy atom. The Hall–Kier alpha value is -3.99. The quantitative estimate of drug-likeness (QED) is 0.133. The summed E-state index contributed by atoms with van der Waals surface area (Å²) >= 11 is 1.61. The number of ketones is 1. The topological polar surface area (TPSA) is 77.8 Å². The predicted octanol–water partition coefficient (Wildman–Crippen LogP) is 7.17. The van der Waals surface area contributed by atoms with E-state index in [9.17, 15) is 27.2 Å². The Labute approximate surface area is 225 Å². The van der Waals surface area contributed by atoms with Gasteiger partial charge < -0.3 is 19.1 Å². The molecule has 0 fully saturated rings. The zero-order valence-electron chi connectivity index (χ0n) is 21.0. The standard InChI is InChI=1S/C28H23F4NO5S/c1-4-39-20-9-5-17(6-10-20)26(34)25-15(2)33(23-14-19(8-11-21(23)25)38-28(30,31)32)18-7-12-22(29)24(13-18)37-16(3)27(35)36/h5-14,16H,4H2,1-3H3,(H,35,36)/t16-/m1/s1. The third-order valence-corrected chi connectivity index (χ3v) is 6.78. The number of hydrogen-bond acceptors (Lipinski definition) is 5. The Bertz CT molecular complexity index is 1550. The minimum Gasteiger partial charge on any atom is -0.479 e. The zero-order chi connectivity index (χ0) is 28.5. The van der Waals surface area contributed by atoms with Gasteiger partial charge in [0.2, 0.25) is 0 Å². The number of nitrogens with zero attached hydrogens (tertiary/aromatic N) is 1. The summed E-state index contributed by atoms with van der Waals surface area (Å²) < 4.78 is 64.2. The second-order valence-electron chi connectivity index (χ2n) is 8.52. The van der Waals surface area contributed by atoms with Gasteiger partial charge in [-0.1, -0.05) is 6.92 Å². The number of fused-ring (bicyclic) bond motifs is 1. The van der Waals surface area contributed by atoms with E-state index in [2.05, 4.69) is 4.74 Å². The number of benzene rings is 3. The Morgan fingerprint density at radius 1 is 1.05 bits per heavy atom. The van der Waals surface area contributed by atoms with Crippen LogP contribution in [0.25, 0.3) is 16.6 Å². The first-order chi connectivity index (χ1) is 18.4. The number of hydrogen-bond donors (Lipinski definition) is 1. The van der Waals surface area contributed by atoms with Crippen molar-refractivity contribution in [2.24, 2.45) is 0 Å². The van der Waals surface area contributed by atoms with Crippen LogP contribution < -0.4 is 9.47 Å². The molecule has 4 rings (SSSR count). The van der Waals surface area contributed by atoms with Gasteiger partial charge in [0.05, 0.1) is 11.1 Å². The zero-order valence-corrected chi connectivity index (χ0v) is 21.8. The van der Waals surface area contributed by atoms with Crippen molar-refractivity contribution in [3.8, 4) is 17.2 Å². The largest absolute Gasteiger partial charge is 0.573 e. The molecule has 0 aliphatic rings. The first kappa shape index (κ1) is 28.0. The van der Waals surface area contributed by atoms with Crippen LogP contribution in [0.15, 0.2) is 65.6 Å². The van der Waals surface area contributed by atoms with Crippen LogP contribution in [0.1, 0.15) is 35.5 Å². The molecule has 1 aromatic heterocycles. The molecular weight excluding hydrogens is 538 g/mol. The number of carboxylic acids is 1. The van der Waals surface area contributed by atoms with Crippen molar-refractivity contribution in [3.05, 3.63) is 83.3 Å². The maximum absolute atomic E-state index is 14.5. The first-order valence-corrected chi connectivity index (χ1v) is 12.8. The van der Waals surface area contributed by atoms with E-state index in [1.54, 1.807) is 30.8 Å². The summed E-state index contributed by atoms with van der Waals surface area (Å²) in [5.41, 5.74) is 1.43. The normalized spacial score (nSPS) is 12.4. The van der Waals surface area contributed by atoms with Crippen LogP contribution in [0.5, 0.6) is 11.5 Å². The minimum atomic E-state index is -4.94. The first-order valence-electron chi connectivity index (χ1n) is 11.8. The van der Waals surface area contributed by atoms with Crippen LogP contribution in [0.3, 0.4) is 0 Å². The number of thioether (sulfide) groups is 1. The van der Waals surface area contributed by atoms with E-state index < -0.39 is 30.0 Å². The van der Waals surface area contributed by atoms with E-state index in [0.717, 1.165) is 28.8 Å². The molecule has 0 saturated carbocycles. The summed E-state index contributed by atoms with van der Waals surface area (Å²) in [4.78, 5) is 25.9. The van der Waals surface area contributed by atoms with E-state index in [0.29, 0.717) is 16.6 Å². The molecule has 0 aliphatic carbocycles. The molecule has 0 saturated heterocycles. The van der Waals surface area contributed by atoms with Crippen LogP contribution in [0.2, 0.25) is 0 Å². The molecule has 6 nitrogen and oxygen atoms in total. The van der Waals surface area contributed by atoms with Crippen LogP contribution >= 0.6 is 11.8 Å². The number of carboxylic acid groups (broad SMARTS) is 1. The molecule has 0 unspecified atom stereocenters. The number of rotatable bonds is 9. The summed E-state index contributed by atoms with van der Waals surface area (Å²) in [6.45, 7) is 4.85. The summed E-state index contributed by atoms with van der Waals surface area (Å²) in [6, 6.07) is 14.2. The van der Waals surface area contributed by atoms with Crippen molar-refractivity contribution in [1.29, 1.82) is 0 Å². The SMILES string of the molecule is CCSc1ccc(C(=O)c2c(C)n(-c3ccc(F)c(O[C@H](C)C(=O)O)c3)c3cc(OC(F)(F)F)ccc23)cc1. The van der Waals surface area contributed by atoms with Gasteiger partial charge in [-0.3, -0.25) is 4.79 Å². The van der Waals surface area contributed by atoms with Crippen molar-refractivity contribution >= 4 is 34.4 Å². The molecule has 3 aromatic carbocycles. The number of carbonyl (C=O) groups is 2. The Balaban J connectivity index is 1.91. The molecule has 0 radical (unpaired) electrons. The molecule has 0 amide bonds. The summed E-state index contributed by atoms with van der Waals surface area (Å²) in [5.74, 6) is -2.52. The number of ether oxygens (including phenoxy) is 2. The molecule has 204 valence electrons. The maximum atomic E-state index is 14.5. The van der Waals surface area contributed by atoms with Crippen molar-refractivity contribution in [1.82, 2.24) is 4.57 Å². The van der Waals surface area contributed by atoms with Crippen LogP contribution in [0.4, 0.5) is 17.6 Å². The molecular formula is C28H23F4NO5S. The third kappa shape index (κ3) is 6.03. The summed E-state index contributed by atoms with van der Waals surface area (Å²) in [6.07, 6.45) is -6.31. The van der Waals surface area contributed by atoms with E-state index >= 15 is 0 Å². The lowest BCUT2D eigenvalue weighted by Crippen LogP contribution is -2.23. The lowest BCUT2D eigenvalue weighted by molar-refractivity contribution is -0.274. The lowest BCUT2D eigenvalue weighted by atomic mass is 10.0. The molecule has 0 aliphatic heterocycles. The second kappa shape index (κ2) is 11.0. The summed E-state index contributed by atoms with van der Waals surface area (Å²) in [5, 5.41) is 9.50. The highest BCUT2D eigenvalue weighted by Gasteiger charge is 2.32. The van der Waals surface area contributed by atoms with Gasteiger partial charge in [0, 0.05) is 39.4 Å². The van der Waals surface area contributed by atoms with Gasteiger partial charge >= 0.3 is 12.3 Å². The van der Waals surface area contributed by atoms with E-state index in [4.69, 9.17) is 9.84 Å². The fraction of sp³-hybridized carbons (Fsp3) is 0.214. The van der Waals surface area contributed by atoms with Gasteiger partial charge in [-0.15, -0.1) is 24.9 Å². The molecule has 39 heavy (non-hydrogen) atoms. The van der Waals surface area contributed by atoms with E-state index in [-0.39, 0.29) is 28.3 Å². The highest BCUT2D eigenvalue weighted by Crippen LogP contribution is 2.36. The molecule has 1 heterocycles. The molecule has 4 aromatic rings. The molecule has 0 bridgehead atoms. The van der Waals surface area contributed by atoms with Gasteiger partial charge in [0.15, 0.2) is 23.5 Å². The second-order valence-corrected chi connectivity index (χ2v) is 9.86. The van der Waals surface area contributed by atoms with Crippen molar-refractivity contribution in [3.63, 3.8) is 0 Å². The monoisotopic (exact) mass is 561 g/mol. The fourth-order valence-electron chi connectivity index (χ4n) is 4.19. The van der Waals surface area contributed by atoms with Gasteiger partial charge in [-0.05, 0) is 68.1 Å². The van der Waals surface area contributed by atoms with Gasteiger partial charge in [0.1, 0.15) is 5.75 Å². The number of aliphatic carboxylic acids is 1. The van der Waals surface area contributed by atoms with Gasteiger partial charge in [0.25, 0.3) is 0 Å². The van der Waals surface area contributed by atoms with Crippen LogP contribution in [0, 0.1) is 12.7 Å². The van der Waals surface area contributed by atoms with Crippen molar-refractivity contribution in [2.75, 3.05) is 5.75 Å². The molecule has 11 heteroatoms. The average molecular weight is 562 g/mol. The average Bonchev–Trinajstić information content (AvgIpc) is 3.15. The molecule has 0 spiro atoms. The van der Waals surface area contributed by atoms with E-state index in [1.807, 2.05) is 19.1 Å². The molecule has 1 N–H and O–H groups in total. The number of alkyl halides is 3. The summed E-state index contributed by atoms with van der Waals surface area (Å²) in [7, 11) is 0. The van der Waals surface area contributed by atoms with E-state index in [1.165, 1.54) is 29.7 Å². The number of carbonyl (C=O) groups excluding carboxylic acids is 1. The Morgan fingerprint density at radius 2 is 1.74 bits per heavy atom. The van der Waals surface area contributed by atoms with Crippen LogP contribution in [-0.4, -0.2) is 39.6 Å². The van der Waals surface area contributed by atoms with Crippen molar-refractivity contribution in [2.45, 2.75) is 38.1 Å². The minimum absolute atomic E-state index is 0.194. The fourth-order valence-corrected chi connectivity index (χ4v) is 4.85. The smallest absolute Gasteiger partial charge is 0.479 e. The number of aromatic nitrogens is 1. The highest BCUT2D eigenvalue weighted by molar-refractivity contribution is 7.99. The third-order valence-electron chi connectivity index (χ3n) is 5.89. The number of halogens is 4. The lowest BCUT2D eigenvalue weighted by Gasteiger charge is -2.15. The van der Waals surface area contributed by atoms with Crippen LogP contribution in [-0.2, 0) is 4.79 Å². The Kier molecular flexibility index (Phi) is 7.91. The molecule has 1 atom stereocenters. The highest BCUT2D eigenvalue weighted by atomic mass is 32.2. The maximum Gasteiger partial charge on any atom is 0.573 e.